The van der Waals surface area contributed by atoms with Crippen molar-refractivity contribution in [3.63, 3.8) is 0 Å². The van der Waals surface area contributed by atoms with Crippen molar-refractivity contribution in [2.75, 3.05) is 19.1 Å². The third kappa shape index (κ3) is 1.69. The number of nitrogens with zero attached hydrogens (tertiary/aromatic N) is 3. The predicted molar refractivity (Wildman–Crippen MR) is 55.8 cm³/mol. The zero-order valence-corrected chi connectivity index (χ0v) is 9.26. The van der Waals surface area contributed by atoms with Gasteiger partial charge in [0.2, 0.25) is 0 Å². The van der Waals surface area contributed by atoms with Crippen LogP contribution in [0.15, 0.2) is 0 Å². The molecule has 0 unspecified atom stereocenters. The monoisotopic (exact) mass is 181 g/mol. The Labute approximate surface area is 80.3 Å². The van der Waals surface area contributed by atoms with E-state index in [0.717, 1.165) is 12.8 Å². The summed E-state index contributed by atoms with van der Waals surface area (Å²) in [5.41, 5.74) is 3.88. The lowest BCUT2D eigenvalue weighted by Crippen LogP contribution is -2.28. The molecule has 1 aromatic rings. The molecule has 74 valence electrons. The molecule has 0 aliphatic carbocycles. The van der Waals surface area contributed by atoms with Crippen molar-refractivity contribution >= 4 is 0 Å². The summed E-state index contributed by atoms with van der Waals surface area (Å²) in [6.07, 6.45) is 2.05. The van der Waals surface area contributed by atoms with Gasteiger partial charge in [-0.25, -0.2) is 0 Å². The lowest BCUT2D eigenvalue weighted by molar-refractivity contribution is 0.600. The molecule has 0 bridgehead atoms. The highest BCUT2D eigenvalue weighted by Gasteiger charge is 2.11. The van der Waals surface area contributed by atoms with E-state index in [9.17, 15) is 0 Å². The molecule has 0 aliphatic heterocycles. The lowest BCUT2D eigenvalue weighted by atomic mass is 10.1. The first-order chi connectivity index (χ1) is 6.11. The Bertz CT molecular complexity index is 287. The SMILES string of the molecule is CCc1nn(N(C)C)c(CC)c1C. The maximum Gasteiger partial charge on any atom is 0.0674 e. The van der Waals surface area contributed by atoms with Gasteiger partial charge in [-0.1, -0.05) is 13.8 Å². The molecule has 0 radical (unpaired) electrons. The summed E-state index contributed by atoms with van der Waals surface area (Å²) in [4.78, 5) is 1.99. The number of hydrogen-bond acceptors (Lipinski definition) is 2. The van der Waals surface area contributed by atoms with Crippen molar-refractivity contribution in [2.45, 2.75) is 33.6 Å². The molecule has 3 nitrogen and oxygen atoms in total. The molecule has 0 saturated heterocycles. The Morgan fingerprint density at radius 1 is 1.23 bits per heavy atom. The van der Waals surface area contributed by atoms with Crippen molar-refractivity contribution in [2.24, 2.45) is 0 Å². The Balaban J connectivity index is 3.19. The molecule has 0 saturated carbocycles. The van der Waals surface area contributed by atoms with Crippen LogP contribution < -0.4 is 5.01 Å². The first kappa shape index (κ1) is 10.1. The smallest absolute Gasteiger partial charge is 0.0674 e. The van der Waals surface area contributed by atoms with E-state index < -0.39 is 0 Å². The fourth-order valence-corrected chi connectivity index (χ4v) is 1.64. The molecule has 0 atom stereocenters. The van der Waals surface area contributed by atoms with Crippen LogP contribution in [0.5, 0.6) is 0 Å². The minimum absolute atomic E-state index is 1.01. The van der Waals surface area contributed by atoms with Crippen LogP contribution in [0.1, 0.15) is 30.8 Å². The highest BCUT2D eigenvalue weighted by molar-refractivity contribution is 5.25. The van der Waals surface area contributed by atoms with Gasteiger partial charge in [-0.05, 0) is 25.3 Å². The zero-order chi connectivity index (χ0) is 10.0. The van der Waals surface area contributed by atoms with E-state index in [2.05, 4.69) is 25.9 Å². The van der Waals surface area contributed by atoms with Crippen molar-refractivity contribution < 1.29 is 0 Å². The van der Waals surface area contributed by atoms with Crippen molar-refractivity contribution in [3.05, 3.63) is 17.0 Å². The molecule has 0 spiro atoms. The standard InChI is InChI=1S/C10H19N3/c1-6-9-8(3)10(7-2)13(11-9)12(4)5/h6-7H2,1-5H3. The first-order valence-electron chi connectivity index (χ1n) is 4.86. The van der Waals surface area contributed by atoms with Gasteiger partial charge in [0, 0.05) is 14.1 Å². The number of rotatable bonds is 3. The Morgan fingerprint density at radius 3 is 2.15 bits per heavy atom. The Kier molecular flexibility index (Phi) is 2.96. The van der Waals surface area contributed by atoms with Crippen molar-refractivity contribution in [1.82, 2.24) is 9.89 Å². The molecule has 13 heavy (non-hydrogen) atoms. The van der Waals surface area contributed by atoms with Gasteiger partial charge in [0.05, 0.1) is 11.4 Å². The molecule has 1 heterocycles. The van der Waals surface area contributed by atoms with Gasteiger partial charge in [0.15, 0.2) is 0 Å². The Hall–Kier alpha value is -0.990. The summed E-state index contributed by atoms with van der Waals surface area (Å²) in [5.74, 6) is 0. The average molecular weight is 181 g/mol. The molecular formula is C10H19N3. The highest BCUT2D eigenvalue weighted by atomic mass is 15.6. The minimum atomic E-state index is 1.01. The van der Waals surface area contributed by atoms with E-state index in [1.54, 1.807) is 0 Å². The summed E-state index contributed by atoms with van der Waals surface area (Å²) in [6, 6.07) is 0. The normalized spacial score (nSPS) is 10.5. The zero-order valence-electron chi connectivity index (χ0n) is 9.26. The van der Waals surface area contributed by atoms with Crippen LogP contribution >= 0.6 is 0 Å². The van der Waals surface area contributed by atoms with Gasteiger partial charge in [0.25, 0.3) is 0 Å². The lowest BCUT2D eigenvalue weighted by Gasteiger charge is -2.15. The first-order valence-corrected chi connectivity index (χ1v) is 4.86. The van der Waals surface area contributed by atoms with Crippen LogP contribution in [0.2, 0.25) is 0 Å². The maximum absolute atomic E-state index is 4.54. The molecule has 0 fully saturated rings. The van der Waals surface area contributed by atoms with Gasteiger partial charge in [0.1, 0.15) is 0 Å². The molecule has 0 amide bonds. The summed E-state index contributed by atoms with van der Waals surface area (Å²) in [6.45, 7) is 6.48. The molecule has 0 aromatic carbocycles. The van der Waals surface area contributed by atoms with E-state index in [-0.39, 0.29) is 0 Å². The van der Waals surface area contributed by atoms with Gasteiger partial charge in [-0.2, -0.15) is 9.89 Å². The third-order valence-corrected chi connectivity index (χ3v) is 2.37. The molecule has 0 N–H and O–H groups in total. The average Bonchev–Trinajstić information content (AvgIpc) is 2.42. The second-order valence-corrected chi connectivity index (χ2v) is 3.46. The van der Waals surface area contributed by atoms with Crippen LogP contribution in [0.3, 0.4) is 0 Å². The van der Waals surface area contributed by atoms with Gasteiger partial charge >= 0.3 is 0 Å². The predicted octanol–water partition coefficient (Wildman–Crippen LogP) is 1.51. The summed E-state index contributed by atoms with van der Waals surface area (Å²) < 4.78 is 0. The number of aromatic nitrogens is 2. The van der Waals surface area contributed by atoms with Gasteiger partial charge < -0.3 is 5.01 Å². The summed E-state index contributed by atoms with van der Waals surface area (Å²) in [7, 11) is 4.04. The summed E-state index contributed by atoms with van der Waals surface area (Å²) >= 11 is 0. The second kappa shape index (κ2) is 3.81. The number of hydrogen-bond donors (Lipinski definition) is 0. The minimum Gasteiger partial charge on any atom is -0.303 e. The topological polar surface area (TPSA) is 21.1 Å². The summed E-state index contributed by atoms with van der Waals surface area (Å²) in [5, 5.41) is 6.56. The third-order valence-electron chi connectivity index (χ3n) is 2.37. The number of aryl methyl sites for hydroxylation is 1. The van der Waals surface area contributed by atoms with E-state index >= 15 is 0 Å². The molecular weight excluding hydrogens is 162 g/mol. The van der Waals surface area contributed by atoms with Crippen LogP contribution in [-0.2, 0) is 12.8 Å². The van der Waals surface area contributed by atoms with Crippen LogP contribution in [0.4, 0.5) is 0 Å². The maximum atomic E-state index is 4.54. The van der Waals surface area contributed by atoms with Gasteiger partial charge in [-0.3, -0.25) is 0 Å². The van der Waals surface area contributed by atoms with Crippen LogP contribution in [0, 0.1) is 6.92 Å². The Morgan fingerprint density at radius 2 is 1.85 bits per heavy atom. The quantitative estimate of drug-likeness (QED) is 0.705. The van der Waals surface area contributed by atoms with Gasteiger partial charge in [-0.15, -0.1) is 0 Å². The van der Waals surface area contributed by atoms with E-state index in [1.807, 2.05) is 23.9 Å². The van der Waals surface area contributed by atoms with E-state index in [1.165, 1.54) is 17.0 Å². The highest BCUT2D eigenvalue weighted by Crippen LogP contribution is 2.14. The molecule has 0 aliphatic rings. The molecule has 3 heteroatoms. The van der Waals surface area contributed by atoms with E-state index in [4.69, 9.17) is 0 Å². The fourth-order valence-electron chi connectivity index (χ4n) is 1.64. The van der Waals surface area contributed by atoms with Crippen molar-refractivity contribution in [1.29, 1.82) is 0 Å². The fraction of sp³-hybridized carbons (Fsp3) is 0.700. The molecule has 1 rings (SSSR count). The molecule has 1 aromatic heterocycles. The van der Waals surface area contributed by atoms with E-state index in [0.29, 0.717) is 0 Å². The second-order valence-electron chi connectivity index (χ2n) is 3.46. The van der Waals surface area contributed by atoms with Crippen molar-refractivity contribution in [3.8, 4) is 0 Å². The largest absolute Gasteiger partial charge is 0.303 e. The van der Waals surface area contributed by atoms with Crippen LogP contribution in [-0.4, -0.2) is 24.0 Å². The van der Waals surface area contributed by atoms with Crippen LogP contribution in [0.25, 0.3) is 0 Å².